The maximum absolute atomic E-state index is 9.86. The summed E-state index contributed by atoms with van der Waals surface area (Å²) in [6, 6.07) is 7.01. The summed E-state index contributed by atoms with van der Waals surface area (Å²) >= 11 is 6.22. The van der Waals surface area contributed by atoms with E-state index in [2.05, 4.69) is 33.7 Å². The summed E-state index contributed by atoms with van der Waals surface area (Å²) < 4.78 is 0. The van der Waals surface area contributed by atoms with Gasteiger partial charge in [0, 0.05) is 49.0 Å². The molecule has 2 aliphatic heterocycles. The smallest absolute Gasteiger partial charge is 0.0829 e. The van der Waals surface area contributed by atoms with Crippen LogP contribution in [-0.4, -0.2) is 49.5 Å². The van der Waals surface area contributed by atoms with Crippen LogP contribution in [0.4, 0.5) is 5.69 Å². The SMILES string of the molecule is Cc1ccc(N2CCC(NC3CNCC3O)CC2)cc1Cl. The largest absolute Gasteiger partial charge is 0.390 e. The van der Waals surface area contributed by atoms with Crippen LogP contribution in [0, 0.1) is 6.92 Å². The number of hydrogen-bond acceptors (Lipinski definition) is 4. The molecule has 0 aliphatic carbocycles. The minimum atomic E-state index is -0.251. The fourth-order valence-electron chi connectivity index (χ4n) is 3.22. The molecule has 0 radical (unpaired) electrons. The van der Waals surface area contributed by atoms with E-state index >= 15 is 0 Å². The number of aliphatic hydroxyl groups excluding tert-OH is 1. The number of β-amino-alcohol motifs (C(OH)–C–C–N with tert-alkyl or cyclic N) is 1. The number of anilines is 1. The highest BCUT2D eigenvalue weighted by atomic mass is 35.5. The zero-order valence-corrected chi connectivity index (χ0v) is 13.2. The van der Waals surface area contributed by atoms with Gasteiger partial charge in [0.15, 0.2) is 0 Å². The number of rotatable bonds is 3. The molecule has 0 bridgehead atoms. The number of aryl methyl sites for hydroxylation is 1. The molecule has 0 saturated carbocycles. The van der Waals surface area contributed by atoms with Crippen LogP contribution in [0.15, 0.2) is 18.2 Å². The molecular formula is C16H24ClN3O. The van der Waals surface area contributed by atoms with Crippen LogP contribution < -0.4 is 15.5 Å². The van der Waals surface area contributed by atoms with Gasteiger partial charge in [-0.3, -0.25) is 0 Å². The lowest BCUT2D eigenvalue weighted by Gasteiger charge is -2.35. The molecule has 2 atom stereocenters. The van der Waals surface area contributed by atoms with E-state index in [1.165, 1.54) is 5.69 Å². The average molecular weight is 310 g/mol. The van der Waals surface area contributed by atoms with Crippen molar-refractivity contribution in [2.75, 3.05) is 31.1 Å². The third kappa shape index (κ3) is 3.51. The van der Waals surface area contributed by atoms with E-state index in [0.29, 0.717) is 12.6 Å². The van der Waals surface area contributed by atoms with Crippen LogP contribution in [0.3, 0.4) is 0 Å². The van der Waals surface area contributed by atoms with Gasteiger partial charge >= 0.3 is 0 Å². The molecular weight excluding hydrogens is 286 g/mol. The van der Waals surface area contributed by atoms with E-state index in [1.807, 2.05) is 6.92 Å². The third-order valence-electron chi connectivity index (χ3n) is 4.65. The summed E-state index contributed by atoms with van der Waals surface area (Å²) in [5.41, 5.74) is 2.34. The van der Waals surface area contributed by atoms with E-state index < -0.39 is 0 Å². The van der Waals surface area contributed by atoms with Crippen molar-refractivity contribution in [1.29, 1.82) is 0 Å². The molecule has 2 saturated heterocycles. The maximum atomic E-state index is 9.86. The fraction of sp³-hybridized carbons (Fsp3) is 0.625. The van der Waals surface area contributed by atoms with E-state index in [1.54, 1.807) is 0 Å². The Morgan fingerprint density at radius 2 is 2.05 bits per heavy atom. The molecule has 2 aliphatic rings. The van der Waals surface area contributed by atoms with Gasteiger partial charge in [-0.2, -0.15) is 0 Å². The molecule has 1 aromatic carbocycles. The summed E-state index contributed by atoms with van der Waals surface area (Å²) in [5, 5.41) is 17.5. The number of hydrogen-bond donors (Lipinski definition) is 3. The highest BCUT2D eigenvalue weighted by Crippen LogP contribution is 2.25. The van der Waals surface area contributed by atoms with E-state index in [4.69, 9.17) is 11.6 Å². The lowest BCUT2D eigenvalue weighted by molar-refractivity contribution is 0.153. The lowest BCUT2D eigenvalue weighted by atomic mass is 10.0. The van der Waals surface area contributed by atoms with Gasteiger partial charge in [-0.15, -0.1) is 0 Å². The minimum absolute atomic E-state index is 0.204. The highest BCUT2D eigenvalue weighted by molar-refractivity contribution is 6.31. The molecule has 116 valence electrons. The van der Waals surface area contributed by atoms with Crippen LogP contribution >= 0.6 is 11.6 Å². The Balaban J connectivity index is 1.53. The molecule has 3 rings (SSSR count). The zero-order valence-electron chi connectivity index (χ0n) is 12.5. The summed E-state index contributed by atoms with van der Waals surface area (Å²) in [5.74, 6) is 0. The number of nitrogens with one attached hydrogen (secondary N) is 2. The van der Waals surface area contributed by atoms with E-state index in [9.17, 15) is 5.11 Å². The van der Waals surface area contributed by atoms with Crippen molar-refractivity contribution in [3.8, 4) is 0 Å². The van der Waals surface area contributed by atoms with Gasteiger partial charge in [-0.05, 0) is 37.5 Å². The van der Waals surface area contributed by atoms with Gasteiger partial charge in [-0.25, -0.2) is 0 Å². The van der Waals surface area contributed by atoms with Gasteiger partial charge in [0.05, 0.1) is 6.10 Å². The Kier molecular flexibility index (Phi) is 4.69. The van der Waals surface area contributed by atoms with Crippen molar-refractivity contribution in [2.45, 2.75) is 38.0 Å². The predicted octanol–water partition coefficient (Wildman–Crippen LogP) is 1.54. The number of halogens is 1. The van der Waals surface area contributed by atoms with Gasteiger partial charge in [0.1, 0.15) is 0 Å². The zero-order chi connectivity index (χ0) is 14.8. The Bertz CT molecular complexity index is 488. The summed E-state index contributed by atoms with van der Waals surface area (Å²) in [7, 11) is 0. The highest BCUT2D eigenvalue weighted by Gasteiger charge is 2.28. The monoisotopic (exact) mass is 309 g/mol. The first-order chi connectivity index (χ1) is 10.1. The normalized spacial score (nSPS) is 27.3. The molecule has 5 heteroatoms. The van der Waals surface area contributed by atoms with E-state index in [-0.39, 0.29) is 12.1 Å². The van der Waals surface area contributed by atoms with Gasteiger partial charge < -0.3 is 20.6 Å². The number of aliphatic hydroxyl groups is 1. The second-order valence-corrected chi connectivity index (χ2v) is 6.60. The summed E-state index contributed by atoms with van der Waals surface area (Å²) in [6.45, 7) is 5.68. The van der Waals surface area contributed by atoms with Crippen molar-refractivity contribution in [3.05, 3.63) is 28.8 Å². The van der Waals surface area contributed by atoms with Crippen molar-refractivity contribution >= 4 is 17.3 Å². The number of nitrogens with zero attached hydrogens (tertiary/aromatic N) is 1. The molecule has 0 aromatic heterocycles. The molecule has 0 amide bonds. The molecule has 3 N–H and O–H groups in total. The van der Waals surface area contributed by atoms with Crippen LogP contribution in [0.1, 0.15) is 18.4 Å². The topological polar surface area (TPSA) is 47.5 Å². The summed E-state index contributed by atoms with van der Waals surface area (Å²) in [4.78, 5) is 2.40. The first kappa shape index (κ1) is 15.1. The van der Waals surface area contributed by atoms with Crippen LogP contribution in [0.2, 0.25) is 5.02 Å². The molecule has 21 heavy (non-hydrogen) atoms. The maximum Gasteiger partial charge on any atom is 0.0829 e. The Labute approximate surface area is 131 Å². The average Bonchev–Trinajstić information content (AvgIpc) is 2.88. The number of piperidine rings is 1. The van der Waals surface area contributed by atoms with E-state index in [0.717, 1.165) is 43.1 Å². The Morgan fingerprint density at radius 1 is 1.29 bits per heavy atom. The predicted molar refractivity (Wildman–Crippen MR) is 87.2 cm³/mol. The molecule has 4 nitrogen and oxygen atoms in total. The molecule has 2 fully saturated rings. The third-order valence-corrected chi connectivity index (χ3v) is 5.05. The summed E-state index contributed by atoms with van der Waals surface area (Å²) in [6.07, 6.45) is 1.96. The van der Waals surface area contributed by atoms with Crippen LogP contribution in [-0.2, 0) is 0 Å². The van der Waals surface area contributed by atoms with Gasteiger partial charge in [0.25, 0.3) is 0 Å². The van der Waals surface area contributed by atoms with Crippen molar-refractivity contribution in [1.82, 2.24) is 10.6 Å². The van der Waals surface area contributed by atoms with Crippen molar-refractivity contribution in [3.63, 3.8) is 0 Å². The van der Waals surface area contributed by atoms with Crippen molar-refractivity contribution in [2.24, 2.45) is 0 Å². The minimum Gasteiger partial charge on any atom is -0.390 e. The lowest BCUT2D eigenvalue weighted by Crippen LogP contribution is -2.50. The Hall–Kier alpha value is -0.810. The molecule has 2 unspecified atom stereocenters. The van der Waals surface area contributed by atoms with Crippen LogP contribution in [0.25, 0.3) is 0 Å². The standard InChI is InChI=1S/C16H24ClN3O/c1-11-2-3-13(8-14(11)17)20-6-4-12(5-7-20)19-15-9-18-10-16(15)21/h2-3,8,12,15-16,18-19,21H,4-7,9-10H2,1H3. The van der Waals surface area contributed by atoms with Gasteiger partial charge in [0.2, 0.25) is 0 Å². The fourth-order valence-corrected chi connectivity index (χ4v) is 3.40. The first-order valence-electron chi connectivity index (χ1n) is 7.79. The van der Waals surface area contributed by atoms with Gasteiger partial charge in [-0.1, -0.05) is 17.7 Å². The Morgan fingerprint density at radius 3 is 2.67 bits per heavy atom. The van der Waals surface area contributed by atoms with Crippen LogP contribution in [0.5, 0.6) is 0 Å². The van der Waals surface area contributed by atoms with Crippen molar-refractivity contribution < 1.29 is 5.11 Å². The second kappa shape index (κ2) is 6.53. The number of benzene rings is 1. The molecule has 1 aromatic rings. The second-order valence-electron chi connectivity index (χ2n) is 6.19. The molecule has 0 spiro atoms. The molecule has 2 heterocycles. The quantitative estimate of drug-likeness (QED) is 0.793. The first-order valence-corrected chi connectivity index (χ1v) is 8.17.